The Kier molecular flexibility index (Phi) is 4.58. The molecule has 5 rings (SSSR count). The van der Waals surface area contributed by atoms with Crippen molar-refractivity contribution in [2.45, 2.75) is 38.8 Å². The van der Waals surface area contributed by atoms with E-state index in [1.165, 1.54) is 10.4 Å². The summed E-state index contributed by atoms with van der Waals surface area (Å²) in [5.41, 5.74) is 3.53. The number of aromatic amines is 1. The van der Waals surface area contributed by atoms with Gasteiger partial charge in [-0.05, 0) is 36.3 Å². The minimum atomic E-state index is -0.0901. The van der Waals surface area contributed by atoms with Gasteiger partial charge in [-0.25, -0.2) is 4.79 Å². The summed E-state index contributed by atoms with van der Waals surface area (Å²) < 4.78 is 0. The first-order valence-corrected chi connectivity index (χ1v) is 11.0. The molecule has 0 radical (unpaired) electrons. The maximum Gasteiger partial charge on any atom is 0.320 e. The SMILES string of the molecule is O=C(C1CCCN(C(=O)N2CCc3sccc3C2)C1)N1CCc2[nH]ncc2C1. The highest BCUT2D eigenvalue weighted by atomic mass is 32.1. The van der Waals surface area contributed by atoms with Crippen LogP contribution in [0.4, 0.5) is 4.79 Å². The zero-order valence-electron chi connectivity index (χ0n) is 15.9. The van der Waals surface area contributed by atoms with Crippen LogP contribution in [-0.4, -0.2) is 63.0 Å². The molecule has 3 aliphatic rings. The molecule has 0 spiro atoms. The number of hydrogen-bond donors (Lipinski definition) is 1. The van der Waals surface area contributed by atoms with Gasteiger partial charge in [0, 0.05) is 61.8 Å². The highest BCUT2D eigenvalue weighted by Crippen LogP contribution is 2.27. The highest BCUT2D eigenvalue weighted by molar-refractivity contribution is 7.10. The predicted molar refractivity (Wildman–Crippen MR) is 106 cm³/mol. The molecule has 3 amide bonds. The fourth-order valence-corrected chi connectivity index (χ4v) is 5.52. The number of nitrogens with one attached hydrogen (secondary N) is 1. The van der Waals surface area contributed by atoms with Crippen molar-refractivity contribution >= 4 is 23.3 Å². The van der Waals surface area contributed by atoms with Crippen LogP contribution in [0.2, 0.25) is 0 Å². The van der Waals surface area contributed by atoms with E-state index in [2.05, 4.69) is 21.6 Å². The number of fused-ring (bicyclic) bond motifs is 2. The van der Waals surface area contributed by atoms with Gasteiger partial charge in [0.25, 0.3) is 0 Å². The van der Waals surface area contributed by atoms with Crippen LogP contribution in [-0.2, 0) is 30.7 Å². The maximum atomic E-state index is 13.1. The van der Waals surface area contributed by atoms with E-state index in [-0.39, 0.29) is 17.9 Å². The van der Waals surface area contributed by atoms with E-state index >= 15 is 0 Å². The van der Waals surface area contributed by atoms with Crippen LogP contribution in [0.25, 0.3) is 0 Å². The van der Waals surface area contributed by atoms with Crippen LogP contribution >= 0.6 is 11.3 Å². The van der Waals surface area contributed by atoms with E-state index in [1.807, 2.05) is 20.9 Å². The summed E-state index contributed by atoms with van der Waals surface area (Å²) >= 11 is 1.78. The summed E-state index contributed by atoms with van der Waals surface area (Å²) in [7, 11) is 0. The molecule has 0 saturated carbocycles. The van der Waals surface area contributed by atoms with Crippen LogP contribution < -0.4 is 0 Å². The number of urea groups is 1. The standard InChI is InChI=1S/C20H25N5O2S/c26-19(23-7-3-17-16(13-23)10-21-22-17)15-2-1-6-24(12-15)20(27)25-8-4-18-14(11-25)5-9-28-18/h5,9-10,15H,1-4,6-8,11-13H2,(H,21,22). The van der Waals surface area contributed by atoms with Gasteiger partial charge < -0.3 is 14.7 Å². The molecular weight excluding hydrogens is 374 g/mol. The molecule has 1 atom stereocenters. The number of aromatic nitrogens is 2. The van der Waals surface area contributed by atoms with Gasteiger partial charge in [0.2, 0.25) is 5.91 Å². The molecule has 2 aromatic heterocycles. The summed E-state index contributed by atoms with van der Waals surface area (Å²) in [6.45, 7) is 4.12. The van der Waals surface area contributed by atoms with E-state index in [1.54, 1.807) is 11.3 Å². The normalized spacial score (nSPS) is 22.0. The lowest BCUT2D eigenvalue weighted by atomic mass is 9.95. The molecule has 1 fully saturated rings. The lowest BCUT2D eigenvalue weighted by Gasteiger charge is -2.39. The number of carbonyl (C=O) groups excluding carboxylic acids is 2. The predicted octanol–water partition coefficient (Wildman–Crippen LogP) is 2.25. The van der Waals surface area contributed by atoms with E-state index in [0.717, 1.165) is 56.6 Å². The molecule has 28 heavy (non-hydrogen) atoms. The molecule has 1 N–H and O–H groups in total. The Morgan fingerprint density at radius 3 is 2.86 bits per heavy atom. The van der Waals surface area contributed by atoms with Crippen molar-refractivity contribution in [3.63, 3.8) is 0 Å². The molecule has 1 unspecified atom stereocenters. The molecule has 5 heterocycles. The second-order valence-electron chi connectivity index (χ2n) is 7.99. The third-order valence-electron chi connectivity index (χ3n) is 6.23. The first kappa shape index (κ1) is 17.7. The lowest BCUT2D eigenvalue weighted by Crippen LogP contribution is -2.52. The van der Waals surface area contributed by atoms with Gasteiger partial charge in [0.05, 0.1) is 12.1 Å². The number of piperidine rings is 1. The van der Waals surface area contributed by atoms with Gasteiger partial charge in [-0.15, -0.1) is 11.3 Å². The first-order valence-electron chi connectivity index (χ1n) is 10.1. The summed E-state index contributed by atoms with van der Waals surface area (Å²) in [5, 5.41) is 9.21. The van der Waals surface area contributed by atoms with Crippen molar-refractivity contribution in [3.8, 4) is 0 Å². The van der Waals surface area contributed by atoms with Gasteiger partial charge in [-0.1, -0.05) is 0 Å². The third-order valence-corrected chi connectivity index (χ3v) is 7.25. The Bertz CT molecular complexity index is 821. The number of likely N-dealkylation sites (tertiary alicyclic amines) is 1. The molecule has 3 aliphatic heterocycles. The van der Waals surface area contributed by atoms with Crippen molar-refractivity contribution < 1.29 is 9.59 Å². The molecular formula is C20H25N5O2S. The Morgan fingerprint density at radius 1 is 1.07 bits per heavy atom. The summed E-state index contributed by atoms with van der Waals surface area (Å²) in [5.74, 6) is 0.0933. The second kappa shape index (κ2) is 7.24. The third kappa shape index (κ3) is 3.19. The average molecular weight is 400 g/mol. The van der Waals surface area contributed by atoms with Gasteiger partial charge in [0.15, 0.2) is 0 Å². The fourth-order valence-electron chi connectivity index (χ4n) is 4.63. The lowest BCUT2D eigenvalue weighted by molar-refractivity contribution is -0.138. The number of rotatable bonds is 1. The molecule has 0 aromatic carbocycles. The number of carbonyl (C=O) groups is 2. The van der Waals surface area contributed by atoms with Gasteiger partial charge in [0.1, 0.15) is 0 Å². The minimum Gasteiger partial charge on any atom is -0.338 e. The number of hydrogen-bond acceptors (Lipinski definition) is 4. The van der Waals surface area contributed by atoms with Crippen molar-refractivity contribution in [3.05, 3.63) is 39.3 Å². The van der Waals surface area contributed by atoms with Gasteiger partial charge in [-0.3, -0.25) is 9.89 Å². The zero-order valence-corrected chi connectivity index (χ0v) is 16.7. The maximum absolute atomic E-state index is 13.1. The Morgan fingerprint density at radius 2 is 1.93 bits per heavy atom. The number of thiophene rings is 1. The number of amides is 3. The Balaban J connectivity index is 1.23. The minimum absolute atomic E-state index is 0.0881. The summed E-state index contributed by atoms with van der Waals surface area (Å²) in [4.78, 5) is 33.4. The van der Waals surface area contributed by atoms with E-state index < -0.39 is 0 Å². The average Bonchev–Trinajstić information content (AvgIpc) is 3.40. The van der Waals surface area contributed by atoms with Crippen molar-refractivity contribution in [1.82, 2.24) is 24.9 Å². The van der Waals surface area contributed by atoms with Crippen molar-refractivity contribution in [2.75, 3.05) is 26.2 Å². The van der Waals surface area contributed by atoms with Crippen LogP contribution in [0, 0.1) is 5.92 Å². The second-order valence-corrected chi connectivity index (χ2v) is 8.99. The summed E-state index contributed by atoms with van der Waals surface area (Å²) in [6, 6.07) is 2.22. The van der Waals surface area contributed by atoms with Gasteiger partial charge in [-0.2, -0.15) is 5.10 Å². The van der Waals surface area contributed by atoms with Crippen LogP contribution in [0.1, 0.15) is 34.5 Å². The monoisotopic (exact) mass is 399 g/mol. The Hall–Kier alpha value is -2.35. The van der Waals surface area contributed by atoms with E-state index in [4.69, 9.17) is 0 Å². The molecule has 8 heteroatoms. The van der Waals surface area contributed by atoms with Crippen molar-refractivity contribution in [2.24, 2.45) is 5.92 Å². The smallest absolute Gasteiger partial charge is 0.320 e. The fraction of sp³-hybridized carbons (Fsp3) is 0.550. The number of nitrogens with zero attached hydrogens (tertiary/aromatic N) is 4. The molecule has 2 aromatic rings. The van der Waals surface area contributed by atoms with Crippen LogP contribution in [0.5, 0.6) is 0 Å². The topological polar surface area (TPSA) is 72.5 Å². The molecule has 1 saturated heterocycles. The quantitative estimate of drug-likeness (QED) is 0.799. The molecule has 148 valence electrons. The van der Waals surface area contributed by atoms with E-state index in [0.29, 0.717) is 19.6 Å². The van der Waals surface area contributed by atoms with Gasteiger partial charge >= 0.3 is 6.03 Å². The largest absolute Gasteiger partial charge is 0.338 e. The van der Waals surface area contributed by atoms with Crippen molar-refractivity contribution in [1.29, 1.82) is 0 Å². The summed E-state index contributed by atoms with van der Waals surface area (Å²) in [6.07, 6.45) is 5.35. The van der Waals surface area contributed by atoms with E-state index in [9.17, 15) is 9.59 Å². The zero-order chi connectivity index (χ0) is 19.1. The first-order chi connectivity index (χ1) is 13.7. The molecule has 7 nitrogen and oxygen atoms in total. The Labute approximate surface area is 168 Å². The van der Waals surface area contributed by atoms with Crippen LogP contribution in [0.15, 0.2) is 17.6 Å². The highest BCUT2D eigenvalue weighted by Gasteiger charge is 2.34. The molecule has 0 aliphatic carbocycles. The number of H-pyrrole nitrogens is 1. The molecule has 0 bridgehead atoms. The van der Waals surface area contributed by atoms with Crippen LogP contribution in [0.3, 0.4) is 0 Å².